The minimum absolute atomic E-state index is 0.487. The second kappa shape index (κ2) is 3.30. The van der Waals surface area contributed by atoms with Crippen molar-refractivity contribution >= 4 is 11.5 Å². The van der Waals surface area contributed by atoms with Gasteiger partial charge in [0.1, 0.15) is 12.0 Å². The number of hydrogen-bond donors (Lipinski definition) is 1. The van der Waals surface area contributed by atoms with Crippen molar-refractivity contribution in [1.82, 2.24) is 19.4 Å². The summed E-state index contributed by atoms with van der Waals surface area (Å²) < 4.78 is 1.92. The molecule has 0 saturated heterocycles. The predicted octanol–water partition coefficient (Wildman–Crippen LogP) is 1.37. The van der Waals surface area contributed by atoms with Crippen molar-refractivity contribution in [1.29, 1.82) is 0 Å². The van der Waals surface area contributed by atoms with E-state index in [1.165, 1.54) is 6.33 Å². The van der Waals surface area contributed by atoms with Gasteiger partial charge in [0, 0.05) is 24.2 Å². The highest BCUT2D eigenvalue weighted by Gasteiger charge is 2.10. The van der Waals surface area contributed by atoms with Crippen LogP contribution in [0.1, 0.15) is 0 Å². The molecule has 0 aliphatic rings. The first-order valence-corrected chi connectivity index (χ1v) is 4.84. The van der Waals surface area contributed by atoms with E-state index in [1.54, 1.807) is 12.4 Å². The van der Waals surface area contributed by atoms with Crippen LogP contribution >= 0.6 is 0 Å². The lowest BCUT2D eigenvalue weighted by Gasteiger charge is -2.00. The maximum absolute atomic E-state index is 5.90. The highest BCUT2D eigenvalue weighted by molar-refractivity contribution is 5.74. The summed E-state index contributed by atoms with van der Waals surface area (Å²) in [5.74, 6) is 0.487. The lowest BCUT2D eigenvalue weighted by atomic mass is 10.2. The van der Waals surface area contributed by atoms with E-state index in [9.17, 15) is 0 Å². The third-order valence-electron chi connectivity index (χ3n) is 2.39. The van der Waals surface area contributed by atoms with Crippen LogP contribution in [0.2, 0.25) is 0 Å². The molecule has 0 aromatic carbocycles. The standard InChI is InChI=1S/C11H9N5/c12-11-10(8-5-13-7-14-6-8)16-4-2-1-3-9(16)15-11/h1-7H,12H2. The Morgan fingerprint density at radius 3 is 2.75 bits per heavy atom. The Bertz CT molecular complexity index is 629. The van der Waals surface area contributed by atoms with Crippen LogP contribution in [0.25, 0.3) is 16.9 Å². The van der Waals surface area contributed by atoms with Gasteiger partial charge in [-0.05, 0) is 12.1 Å². The van der Waals surface area contributed by atoms with Crippen molar-refractivity contribution in [3.63, 3.8) is 0 Å². The summed E-state index contributed by atoms with van der Waals surface area (Å²) in [6.07, 6.45) is 6.85. The molecule has 3 aromatic rings. The van der Waals surface area contributed by atoms with Crippen molar-refractivity contribution in [2.45, 2.75) is 0 Å². The molecule has 0 atom stereocenters. The largest absolute Gasteiger partial charge is 0.382 e. The van der Waals surface area contributed by atoms with Crippen molar-refractivity contribution in [2.75, 3.05) is 5.73 Å². The molecule has 3 aromatic heterocycles. The van der Waals surface area contributed by atoms with E-state index in [4.69, 9.17) is 5.73 Å². The quantitative estimate of drug-likeness (QED) is 0.660. The van der Waals surface area contributed by atoms with Gasteiger partial charge in [-0.15, -0.1) is 0 Å². The number of imidazole rings is 1. The van der Waals surface area contributed by atoms with Crippen molar-refractivity contribution in [2.24, 2.45) is 0 Å². The highest BCUT2D eigenvalue weighted by atomic mass is 15.1. The van der Waals surface area contributed by atoms with Gasteiger partial charge in [-0.3, -0.25) is 4.40 Å². The van der Waals surface area contributed by atoms with Gasteiger partial charge in [0.25, 0.3) is 0 Å². The van der Waals surface area contributed by atoms with Gasteiger partial charge in [0.05, 0.1) is 5.69 Å². The molecule has 0 saturated carbocycles. The molecule has 0 aliphatic carbocycles. The van der Waals surface area contributed by atoms with E-state index >= 15 is 0 Å². The number of fused-ring (bicyclic) bond motifs is 1. The van der Waals surface area contributed by atoms with Crippen molar-refractivity contribution < 1.29 is 0 Å². The summed E-state index contributed by atoms with van der Waals surface area (Å²) in [6.45, 7) is 0. The zero-order valence-electron chi connectivity index (χ0n) is 8.41. The minimum atomic E-state index is 0.487. The summed E-state index contributed by atoms with van der Waals surface area (Å²) in [5, 5.41) is 0. The Morgan fingerprint density at radius 1 is 1.12 bits per heavy atom. The zero-order chi connectivity index (χ0) is 11.0. The summed E-state index contributed by atoms with van der Waals surface area (Å²) in [7, 11) is 0. The molecule has 3 rings (SSSR count). The molecule has 2 N–H and O–H groups in total. The number of hydrogen-bond acceptors (Lipinski definition) is 4. The van der Waals surface area contributed by atoms with Crippen LogP contribution in [0.15, 0.2) is 43.1 Å². The van der Waals surface area contributed by atoms with Gasteiger partial charge in [-0.2, -0.15) is 0 Å². The number of nitrogens with zero attached hydrogens (tertiary/aromatic N) is 4. The van der Waals surface area contributed by atoms with Gasteiger partial charge in [-0.25, -0.2) is 15.0 Å². The fraction of sp³-hybridized carbons (Fsp3) is 0. The maximum Gasteiger partial charge on any atom is 0.150 e. The zero-order valence-corrected chi connectivity index (χ0v) is 8.41. The molecule has 3 heterocycles. The lowest BCUT2D eigenvalue weighted by molar-refractivity contribution is 1.14. The number of pyridine rings is 1. The second-order valence-corrected chi connectivity index (χ2v) is 3.40. The fourth-order valence-electron chi connectivity index (χ4n) is 1.72. The third-order valence-corrected chi connectivity index (χ3v) is 2.39. The monoisotopic (exact) mass is 211 g/mol. The van der Waals surface area contributed by atoms with E-state index in [1.807, 2.05) is 28.8 Å². The van der Waals surface area contributed by atoms with Gasteiger partial charge in [0.2, 0.25) is 0 Å². The van der Waals surface area contributed by atoms with Crippen LogP contribution < -0.4 is 5.73 Å². The molecule has 0 aliphatic heterocycles. The smallest absolute Gasteiger partial charge is 0.150 e. The number of nitrogens with two attached hydrogens (primary N) is 1. The summed E-state index contributed by atoms with van der Waals surface area (Å²) in [6, 6.07) is 5.76. The Hall–Kier alpha value is -2.43. The van der Waals surface area contributed by atoms with Gasteiger partial charge < -0.3 is 5.73 Å². The number of anilines is 1. The maximum atomic E-state index is 5.90. The van der Waals surface area contributed by atoms with Crippen LogP contribution in [0.3, 0.4) is 0 Å². The van der Waals surface area contributed by atoms with E-state index in [0.29, 0.717) is 5.82 Å². The Kier molecular flexibility index (Phi) is 1.83. The van der Waals surface area contributed by atoms with E-state index in [-0.39, 0.29) is 0 Å². The molecule has 0 unspecified atom stereocenters. The molecule has 0 radical (unpaired) electrons. The minimum Gasteiger partial charge on any atom is -0.382 e. The lowest BCUT2D eigenvalue weighted by Crippen LogP contribution is -1.92. The summed E-state index contributed by atoms with van der Waals surface area (Å²) in [5.41, 5.74) is 8.41. The molecule has 16 heavy (non-hydrogen) atoms. The average Bonchev–Trinajstić information content (AvgIpc) is 2.66. The van der Waals surface area contributed by atoms with Crippen molar-refractivity contribution in [3.8, 4) is 11.3 Å². The molecule has 0 amide bonds. The number of nitrogen functional groups attached to an aromatic ring is 1. The van der Waals surface area contributed by atoms with Crippen LogP contribution in [-0.4, -0.2) is 19.4 Å². The SMILES string of the molecule is Nc1nc2ccccn2c1-c1cncnc1. The predicted molar refractivity (Wildman–Crippen MR) is 60.6 cm³/mol. The topological polar surface area (TPSA) is 69.1 Å². The summed E-state index contributed by atoms with van der Waals surface area (Å²) in [4.78, 5) is 12.2. The van der Waals surface area contributed by atoms with Gasteiger partial charge >= 0.3 is 0 Å². The second-order valence-electron chi connectivity index (χ2n) is 3.40. The molecule has 5 nitrogen and oxygen atoms in total. The van der Waals surface area contributed by atoms with Crippen LogP contribution in [0.4, 0.5) is 5.82 Å². The first kappa shape index (κ1) is 8.84. The van der Waals surface area contributed by atoms with Crippen LogP contribution in [-0.2, 0) is 0 Å². The average molecular weight is 211 g/mol. The Labute approximate surface area is 91.6 Å². The molecule has 0 fully saturated rings. The Balaban J connectivity index is 2.35. The number of rotatable bonds is 1. The molecular weight excluding hydrogens is 202 g/mol. The normalized spacial score (nSPS) is 10.8. The van der Waals surface area contributed by atoms with E-state index in [0.717, 1.165) is 16.9 Å². The Morgan fingerprint density at radius 2 is 1.94 bits per heavy atom. The summed E-state index contributed by atoms with van der Waals surface area (Å²) >= 11 is 0. The molecule has 0 spiro atoms. The van der Waals surface area contributed by atoms with Crippen LogP contribution in [0.5, 0.6) is 0 Å². The molecule has 5 heteroatoms. The number of aromatic nitrogens is 4. The molecule has 78 valence electrons. The van der Waals surface area contributed by atoms with E-state index < -0.39 is 0 Å². The highest BCUT2D eigenvalue weighted by Crippen LogP contribution is 2.25. The van der Waals surface area contributed by atoms with E-state index in [2.05, 4.69) is 15.0 Å². The first-order valence-electron chi connectivity index (χ1n) is 4.84. The fourth-order valence-corrected chi connectivity index (χ4v) is 1.72. The molecular formula is C11H9N5. The van der Waals surface area contributed by atoms with Gasteiger partial charge in [-0.1, -0.05) is 6.07 Å². The first-order chi connectivity index (χ1) is 7.86. The third kappa shape index (κ3) is 1.22. The molecule has 0 bridgehead atoms. The van der Waals surface area contributed by atoms with Gasteiger partial charge in [0.15, 0.2) is 5.82 Å². The van der Waals surface area contributed by atoms with Crippen molar-refractivity contribution in [3.05, 3.63) is 43.1 Å². The van der Waals surface area contributed by atoms with Crippen LogP contribution in [0, 0.1) is 0 Å².